The van der Waals surface area contributed by atoms with Crippen molar-refractivity contribution in [2.24, 2.45) is 0 Å². The van der Waals surface area contributed by atoms with Gasteiger partial charge in [-0.15, -0.1) is 23.5 Å². The van der Waals surface area contributed by atoms with E-state index >= 15 is 0 Å². The normalized spacial score (nSPS) is 11.9. The van der Waals surface area contributed by atoms with Crippen LogP contribution < -0.4 is 5.32 Å². The first-order chi connectivity index (χ1) is 19.0. The van der Waals surface area contributed by atoms with E-state index in [0.717, 1.165) is 91.6 Å². The summed E-state index contributed by atoms with van der Waals surface area (Å²) < 4.78 is 6.12. The number of halogens is 1. The van der Waals surface area contributed by atoms with Gasteiger partial charge in [0.2, 0.25) is 5.91 Å². The Labute approximate surface area is 258 Å². The topological polar surface area (TPSA) is 68.0 Å². The highest BCUT2D eigenvalue weighted by Gasteiger charge is 2.19. The van der Waals surface area contributed by atoms with Gasteiger partial charge in [-0.05, 0) is 50.3 Å². The van der Waals surface area contributed by atoms with Crippen LogP contribution in [0, 0.1) is 13.8 Å². The Kier molecular flexibility index (Phi) is 13.1. The van der Waals surface area contributed by atoms with E-state index in [1.165, 1.54) is 0 Å². The van der Waals surface area contributed by atoms with Crippen molar-refractivity contribution in [1.82, 2.24) is 9.97 Å². The molecule has 0 bridgehead atoms. The van der Waals surface area contributed by atoms with Gasteiger partial charge in [0.25, 0.3) is 5.22 Å². The Bertz CT molecular complexity index is 1260. The summed E-state index contributed by atoms with van der Waals surface area (Å²) in [5, 5.41) is 6.40. The Morgan fingerprint density at radius 2 is 1.62 bits per heavy atom. The number of nitrogens with one attached hydrogen (secondary N) is 1. The van der Waals surface area contributed by atoms with Crippen LogP contribution in [0.25, 0.3) is 11.1 Å². The molecular formula is C31H44ClN3O2S3. The molecule has 0 atom stereocenters. The molecule has 0 aliphatic heterocycles. The predicted molar refractivity (Wildman–Crippen MR) is 176 cm³/mol. The summed E-state index contributed by atoms with van der Waals surface area (Å²) in [4.78, 5) is 23.4. The highest BCUT2D eigenvalue weighted by Crippen LogP contribution is 2.39. The van der Waals surface area contributed by atoms with E-state index in [9.17, 15) is 4.79 Å². The maximum atomic E-state index is 12.9. The van der Waals surface area contributed by atoms with E-state index < -0.39 is 0 Å². The molecule has 3 aromatic rings. The number of fused-ring (bicyclic) bond motifs is 1. The molecular weight excluding hydrogens is 578 g/mol. The lowest BCUT2D eigenvalue weighted by atomic mass is 10.0. The standard InChI is InChI=1S/C31H44ClN3O2S3/c1-18(2)23-17-24(32)22(8)27-29(23)37-31(35-27)38-15-13-11-9-10-12-14-26(36)34-28-25(39-19(3)4)16-21(7)33-30(28)40-20(5)6/h16-20H,9-15H2,1-8H3,(H,34,36). The monoisotopic (exact) mass is 621 g/mol. The van der Waals surface area contributed by atoms with Crippen molar-refractivity contribution in [3.8, 4) is 0 Å². The summed E-state index contributed by atoms with van der Waals surface area (Å²) in [6.07, 6.45) is 5.80. The molecule has 0 radical (unpaired) electrons. The molecule has 0 saturated heterocycles. The van der Waals surface area contributed by atoms with Gasteiger partial charge in [-0.2, -0.15) is 0 Å². The zero-order valence-electron chi connectivity index (χ0n) is 25.2. The number of aryl methyl sites for hydroxylation is 2. The minimum atomic E-state index is 0.0737. The average molecular weight is 622 g/mol. The van der Waals surface area contributed by atoms with Crippen molar-refractivity contribution < 1.29 is 9.21 Å². The summed E-state index contributed by atoms with van der Waals surface area (Å²) in [6, 6.07) is 4.09. The van der Waals surface area contributed by atoms with Crippen molar-refractivity contribution in [2.45, 2.75) is 125 Å². The fraction of sp³-hybridized carbons (Fsp3) is 0.581. The van der Waals surface area contributed by atoms with Crippen LogP contribution >= 0.6 is 46.9 Å². The fourth-order valence-electron chi connectivity index (χ4n) is 4.33. The number of hydrogen-bond acceptors (Lipinski definition) is 7. The number of carbonyl (C=O) groups is 1. The quantitative estimate of drug-likeness (QED) is 0.134. The number of carbonyl (C=O) groups excluding carboxylic acids is 1. The van der Waals surface area contributed by atoms with Crippen LogP contribution in [0.1, 0.15) is 103 Å². The van der Waals surface area contributed by atoms with E-state index in [1.54, 1.807) is 35.3 Å². The lowest BCUT2D eigenvalue weighted by Crippen LogP contribution is -2.14. The molecule has 40 heavy (non-hydrogen) atoms. The molecule has 3 rings (SSSR count). The molecule has 0 unspecified atom stereocenters. The predicted octanol–water partition coefficient (Wildman–Crippen LogP) is 10.7. The molecule has 5 nitrogen and oxygen atoms in total. The molecule has 1 amide bonds. The van der Waals surface area contributed by atoms with Gasteiger partial charge in [-0.1, -0.05) is 84.2 Å². The van der Waals surface area contributed by atoms with Crippen molar-refractivity contribution >= 4 is 69.6 Å². The zero-order valence-corrected chi connectivity index (χ0v) is 28.4. The molecule has 2 heterocycles. The van der Waals surface area contributed by atoms with Gasteiger partial charge in [0, 0.05) is 43.8 Å². The van der Waals surface area contributed by atoms with Crippen LogP contribution in [0.3, 0.4) is 0 Å². The minimum Gasteiger partial charge on any atom is -0.431 e. The van der Waals surface area contributed by atoms with Crippen LogP contribution in [-0.4, -0.2) is 32.1 Å². The van der Waals surface area contributed by atoms with E-state index in [-0.39, 0.29) is 5.91 Å². The number of unbranched alkanes of at least 4 members (excludes halogenated alkanes) is 4. The third kappa shape index (κ3) is 9.60. The molecule has 2 aromatic heterocycles. The molecule has 0 spiro atoms. The summed E-state index contributed by atoms with van der Waals surface area (Å²) in [5.41, 5.74) is 5.69. The van der Waals surface area contributed by atoms with Gasteiger partial charge >= 0.3 is 0 Å². The highest BCUT2D eigenvalue weighted by molar-refractivity contribution is 8.01. The van der Waals surface area contributed by atoms with Crippen LogP contribution in [0.4, 0.5) is 5.69 Å². The van der Waals surface area contributed by atoms with E-state index in [0.29, 0.717) is 22.8 Å². The Morgan fingerprint density at radius 3 is 2.30 bits per heavy atom. The third-order valence-corrected chi connectivity index (χ3v) is 9.66. The summed E-state index contributed by atoms with van der Waals surface area (Å²) in [6.45, 7) is 17.0. The second kappa shape index (κ2) is 15.8. The lowest BCUT2D eigenvalue weighted by molar-refractivity contribution is -0.116. The summed E-state index contributed by atoms with van der Waals surface area (Å²) >= 11 is 11.6. The number of rotatable bonds is 15. The van der Waals surface area contributed by atoms with Crippen LogP contribution in [0.15, 0.2) is 31.7 Å². The van der Waals surface area contributed by atoms with Gasteiger partial charge in [0.15, 0.2) is 5.58 Å². The summed E-state index contributed by atoms with van der Waals surface area (Å²) in [5.74, 6) is 1.36. The largest absolute Gasteiger partial charge is 0.431 e. The van der Waals surface area contributed by atoms with Gasteiger partial charge in [-0.3, -0.25) is 4.79 Å². The average Bonchev–Trinajstić information content (AvgIpc) is 3.28. The molecule has 1 N–H and O–H groups in total. The van der Waals surface area contributed by atoms with E-state index in [4.69, 9.17) is 26.0 Å². The number of oxazole rings is 1. The minimum absolute atomic E-state index is 0.0737. The third-order valence-electron chi connectivity index (χ3n) is 6.31. The first-order valence-electron chi connectivity index (χ1n) is 14.3. The smallest absolute Gasteiger partial charge is 0.256 e. The molecule has 9 heteroatoms. The maximum Gasteiger partial charge on any atom is 0.256 e. The van der Waals surface area contributed by atoms with Gasteiger partial charge in [0.1, 0.15) is 10.5 Å². The van der Waals surface area contributed by atoms with Crippen molar-refractivity contribution in [1.29, 1.82) is 0 Å². The molecule has 0 aliphatic carbocycles. The number of amides is 1. The number of nitrogens with zero attached hydrogens (tertiary/aromatic N) is 2. The Balaban J connectivity index is 1.43. The first-order valence-corrected chi connectivity index (χ1v) is 17.5. The second-order valence-corrected chi connectivity index (χ2v) is 15.7. The number of thioether (sulfide) groups is 3. The number of pyridine rings is 1. The number of anilines is 1. The molecule has 0 aliphatic rings. The van der Waals surface area contributed by atoms with Crippen LogP contribution in [-0.2, 0) is 4.79 Å². The number of hydrogen-bond donors (Lipinski definition) is 1. The van der Waals surface area contributed by atoms with Crippen LogP contribution in [0.2, 0.25) is 5.02 Å². The van der Waals surface area contributed by atoms with E-state index in [1.807, 2.05) is 19.9 Å². The van der Waals surface area contributed by atoms with Crippen molar-refractivity contribution in [3.63, 3.8) is 0 Å². The maximum absolute atomic E-state index is 12.9. The van der Waals surface area contributed by atoms with E-state index in [2.05, 4.69) is 52.9 Å². The molecule has 220 valence electrons. The fourth-order valence-corrected chi connectivity index (χ4v) is 7.36. The van der Waals surface area contributed by atoms with Gasteiger partial charge in [-0.25, -0.2) is 9.97 Å². The van der Waals surface area contributed by atoms with Crippen molar-refractivity contribution in [3.05, 3.63) is 34.0 Å². The first kappa shape index (κ1) is 33.2. The Hall–Kier alpha value is -1.35. The zero-order chi connectivity index (χ0) is 29.4. The molecule has 1 aromatic carbocycles. The lowest BCUT2D eigenvalue weighted by Gasteiger charge is -2.18. The number of aromatic nitrogens is 2. The molecule has 0 fully saturated rings. The van der Waals surface area contributed by atoms with Crippen LogP contribution in [0.5, 0.6) is 0 Å². The Morgan fingerprint density at radius 1 is 0.950 bits per heavy atom. The summed E-state index contributed by atoms with van der Waals surface area (Å²) in [7, 11) is 0. The van der Waals surface area contributed by atoms with Gasteiger partial charge in [0.05, 0.1) is 5.69 Å². The SMILES string of the molecule is Cc1cc(SC(C)C)c(NC(=O)CCCCCCCSc2nc3c(C)c(Cl)cc(C(C)C)c3o2)c(SC(C)C)n1. The van der Waals surface area contributed by atoms with Crippen molar-refractivity contribution in [2.75, 3.05) is 11.1 Å². The number of benzene rings is 1. The molecule has 0 saturated carbocycles. The highest BCUT2D eigenvalue weighted by atomic mass is 35.5. The van der Waals surface area contributed by atoms with Gasteiger partial charge < -0.3 is 9.73 Å². The second-order valence-electron chi connectivity index (χ2n) is 11.1.